The van der Waals surface area contributed by atoms with E-state index in [1.54, 1.807) is 0 Å². The average Bonchev–Trinajstić information content (AvgIpc) is 2.76. The van der Waals surface area contributed by atoms with E-state index in [4.69, 9.17) is 9.30 Å². The molecule has 0 spiro atoms. The van der Waals surface area contributed by atoms with Crippen molar-refractivity contribution in [2.45, 2.75) is 104 Å². The second-order valence-corrected chi connectivity index (χ2v) is 33.7. The maximum Gasteiger partial charge on any atom is 2.00 e. The zero-order valence-electron chi connectivity index (χ0n) is 28.6. The summed E-state index contributed by atoms with van der Waals surface area (Å²) in [6.45, 7) is 36.6. The summed E-state index contributed by atoms with van der Waals surface area (Å²) in [5, 5.41) is 8.77. The molecule has 4 aliphatic heterocycles. The van der Waals surface area contributed by atoms with E-state index in [2.05, 4.69) is 109 Å². The van der Waals surface area contributed by atoms with Gasteiger partial charge < -0.3 is 29.1 Å². The van der Waals surface area contributed by atoms with E-state index >= 15 is 0 Å². The smallest absolute Gasteiger partial charge is 0.668 e. The summed E-state index contributed by atoms with van der Waals surface area (Å²) >= 11 is 0. The van der Waals surface area contributed by atoms with Crippen molar-refractivity contribution in [3.8, 4) is 0 Å². The molecule has 4 heterocycles. The van der Waals surface area contributed by atoms with E-state index < -0.39 is 32.9 Å². The Morgan fingerprint density at radius 2 is 0.775 bits per heavy atom. The van der Waals surface area contributed by atoms with Crippen LogP contribution in [0.15, 0.2) is 0 Å². The van der Waals surface area contributed by atoms with E-state index in [0.717, 1.165) is 38.1 Å². The Kier molecular flexibility index (Phi) is 21.5. The van der Waals surface area contributed by atoms with Gasteiger partial charge in [-0.2, -0.15) is 0 Å². The Morgan fingerprint density at radius 1 is 0.500 bits per heavy atom. The molecule has 0 unspecified atom stereocenters. The van der Waals surface area contributed by atoms with Crippen molar-refractivity contribution in [3.63, 3.8) is 0 Å². The Balaban J connectivity index is 0. The van der Waals surface area contributed by atoms with Crippen LogP contribution in [0.5, 0.6) is 0 Å². The fourth-order valence-electron chi connectivity index (χ4n) is 5.03. The van der Waals surface area contributed by atoms with Crippen LogP contribution in [0.25, 0.3) is 19.9 Å². The van der Waals surface area contributed by atoms with Gasteiger partial charge >= 0.3 is 46.1 Å². The van der Waals surface area contributed by atoms with Crippen molar-refractivity contribution in [1.29, 1.82) is 0 Å². The van der Waals surface area contributed by atoms with Gasteiger partial charge in [0, 0.05) is 52.4 Å². The molecule has 0 atom stereocenters. The van der Waals surface area contributed by atoms with Gasteiger partial charge in [-0.05, 0) is 25.7 Å². The molecule has 4 aliphatic rings. The summed E-state index contributed by atoms with van der Waals surface area (Å²) < 4.78 is 9.64. The molecule has 0 saturated carbocycles. The molecule has 4 rings (SSSR count). The Labute approximate surface area is 285 Å². The summed E-state index contributed by atoms with van der Waals surface area (Å²) in [6, 6.07) is 0. The quantitative estimate of drug-likeness (QED) is 0.460. The zero-order valence-corrected chi connectivity index (χ0v) is 35.4. The van der Waals surface area contributed by atoms with Crippen LogP contribution in [0, 0.1) is 0 Å². The normalized spacial score (nSPS) is 18.7. The molecule has 0 amide bonds. The molecule has 0 radical (unpaired) electrons. The summed E-state index contributed by atoms with van der Waals surface area (Å²) in [7, 11) is -4.42. The van der Waals surface area contributed by atoms with Crippen molar-refractivity contribution in [2.24, 2.45) is 0 Å². The second kappa shape index (κ2) is 20.0. The van der Waals surface area contributed by atoms with E-state index in [1.807, 2.05) is 0 Å². The predicted octanol–water partition coefficient (Wildman–Crippen LogP) is 3.11. The molecular weight excluding hydrogens is 585 g/mol. The summed E-state index contributed by atoms with van der Waals surface area (Å²) in [4.78, 5) is 11.3. The molecule has 0 aliphatic carbocycles. The van der Waals surface area contributed by atoms with Crippen LogP contribution in [0.3, 0.4) is 0 Å². The molecule has 0 aromatic carbocycles. The van der Waals surface area contributed by atoms with Gasteiger partial charge in [0.15, 0.2) is 11.9 Å². The number of rotatable bonds is 4. The van der Waals surface area contributed by atoms with E-state index in [9.17, 15) is 0 Å². The van der Waals surface area contributed by atoms with Crippen LogP contribution >= 0.6 is 0 Å². The Morgan fingerprint density at radius 3 is 1.00 bits per heavy atom. The monoisotopic (exact) mass is 646 g/mol. The van der Waals surface area contributed by atoms with Gasteiger partial charge in [0.05, 0.1) is 0 Å². The summed E-state index contributed by atoms with van der Waals surface area (Å²) in [5.74, 6) is 2.27. The van der Waals surface area contributed by atoms with E-state index in [0.29, 0.717) is 0 Å². The molecule has 224 valence electrons. The molecule has 0 aromatic heterocycles. The van der Waals surface area contributed by atoms with Gasteiger partial charge in [0.25, 0.3) is 0 Å². The van der Waals surface area contributed by atoms with Crippen molar-refractivity contribution >= 4 is 91.0 Å². The molecule has 14 heteroatoms. The third-order valence-electron chi connectivity index (χ3n) is 5.41. The number of hydrogen-bond acceptors (Lipinski definition) is 2. The van der Waals surface area contributed by atoms with Crippen molar-refractivity contribution in [2.75, 3.05) is 52.4 Å². The largest absolute Gasteiger partial charge is 2.00 e. The van der Waals surface area contributed by atoms with Gasteiger partial charge in [-0.15, -0.1) is 0 Å². The van der Waals surface area contributed by atoms with Crippen LogP contribution in [0.2, 0.25) is 78.6 Å². The molecule has 2 saturated heterocycles. The van der Waals surface area contributed by atoms with Crippen LogP contribution < -0.4 is 9.98 Å². The van der Waals surface area contributed by atoms with Crippen molar-refractivity contribution < 1.29 is 9.98 Å². The minimum absolute atomic E-state index is 0. The van der Waals surface area contributed by atoms with Crippen molar-refractivity contribution in [3.05, 3.63) is 19.9 Å². The molecule has 8 nitrogen and oxygen atoms in total. The molecule has 0 bridgehead atoms. The minimum atomic E-state index is -1.11. The van der Waals surface area contributed by atoms with Crippen LogP contribution in [0.1, 0.15) is 25.7 Å². The molecule has 2 fully saturated rings. The summed E-state index contributed by atoms with van der Waals surface area (Å²) in [6.07, 6.45) is 4.98. The van der Waals surface area contributed by atoms with E-state index in [1.165, 1.54) is 51.9 Å². The topological polar surface area (TPSA) is 90.8 Å². The number of nitrogens with zero attached hydrogens (tertiary/aromatic N) is 6. The first-order chi connectivity index (χ1) is 17.3. The number of guanidine groups is 2. The standard InChI is InChI=1S/2C7H12N3.2C6H18NSi2.2Mg/c2*1-3-8-7-9-4-2-6-10(7)5-1;2*1-8(2,3)7-9(4,5)6;;/h2*1-6H2;2*1-6H3;;/q4*-1;2*+2/p+2. The Hall–Kier alpha value is 0.860. The van der Waals surface area contributed by atoms with Gasteiger partial charge in [0.2, 0.25) is 0 Å². The minimum Gasteiger partial charge on any atom is -0.668 e. The van der Waals surface area contributed by atoms with Gasteiger partial charge in [0.1, 0.15) is 0 Å². The second-order valence-electron chi connectivity index (χ2n) is 14.6. The number of nitrogens with one attached hydrogen (secondary N) is 2. The average molecular weight is 648 g/mol. The van der Waals surface area contributed by atoms with Gasteiger partial charge in [-0.1, -0.05) is 112 Å². The van der Waals surface area contributed by atoms with Crippen LogP contribution in [-0.4, -0.2) is 153 Å². The molecular formula is C26H62Mg2N8Si4+2. The first-order valence-electron chi connectivity index (χ1n) is 14.9. The SMILES string of the molecule is C1C[N-]C2=[NH+]CCCN2C1.C1C[N-]C2=[NH+]CCCN2C1.C[Si](C)(C)[N-][Si](C)(C)C.C[Si](C)(C)[N-][Si](C)(C)C.[Mg+2].[Mg+2]. The predicted molar refractivity (Wildman–Crippen MR) is 191 cm³/mol. The maximum atomic E-state index is 4.82. The van der Waals surface area contributed by atoms with Crippen LogP contribution in [-0.2, 0) is 0 Å². The fourth-order valence-corrected chi connectivity index (χ4v) is 21.1. The zero-order chi connectivity index (χ0) is 29.0. The first-order valence-corrected chi connectivity index (χ1v) is 28.7. The number of fused-ring (bicyclic) bond motifs is 2. The summed E-state index contributed by atoms with van der Waals surface area (Å²) in [5.41, 5.74) is 0. The Bertz CT molecular complexity index is 659. The first kappa shape index (κ1) is 43.0. The fraction of sp³-hybridized carbons (Fsp3) is 0.923. The maximum absolute atomic E-state index is 4.82. The number of hydrogen-bond donors (Lipinski definition) is 2. The third kappa shape index (κ3) is 23.3. The van der Waals surface area contributed by atoms with Gasteiger partial charge in [-0.3, -0.25) is 10.6 Å². The van der Waals surface area contributed by atoms with E-state index in [-0.39, 0.29) is 46.1 Å². The molecule has 40 heavy (non-hydrogen) atoms. The third-order valence-corrected chi connectivity index (χ3v) is 16.1. The molecule has 2 N–H and O–H groups in total. The molecule has 0 aromatic rings. The van der Waals surface area contributed by atoms with Crippen molar-refractivity contribution in [1.82, 2.24) is 9.80 Å². The van der Waals surface area contributed by atoms with Gasteiger partial charge in [-0.25, -0.2) is 0 Å². The van der Waals surface area contributed by atoms with Crippen LogP contribution in [0.4, 0.5) is 0 Å².